The third kappa shape index (κ3) is 2.90. The molecule has 3 nitrogen and oxygen atoms in total. The van der Waals surface area contributed by atoms with Crippen LogP contribution in [0.2, 0.25) is 5.02 Å². The second kappa shape index (κ2) is 5.81. The summed E-state index contributed by atoms with van der Waals surface area (Å²) in [5.41, 5.74) is 6.66. The lowest BCUT2D eigenvalue weighted by atomic mass is 9.74. The first kappa shape index (κ1) is 15.1. The summed E-state index contributed by atoms with van der Waals surface area (Å²) < 4.78 is 0. The summed E-state index contributed by atoms with van der Waals surface area (Å²) in [6.07, 6.45) is 4.26. The Morgan fingerprint density at radius 1 is 1.50 bits per heavy atom. The molecule has 1 saturated carbocycles. The highest BCUT2D eigenvalue weighted by Crippen LogP contribution is 2.35. The second-order valence-corrected chi connectivity index (χ2v) is 5.09. The zero-order chi connectivity index (χ0) is 12.5. The van der Waals surface area contributed by atoms with E-state index in [4.69, 9.17) is 17.3 Å². The first-order valence-corrected chi connectivity index (χ1v) is 6.32. The molecular formula is C13H18Cl2N2O. The molecule has 0 saturated heterocycles. The van der Waals surface area contributed by atoms with Gasteiger partial charge in [-0.05, 0) is 43.9 Å². The highest BCUT2D eigenvalue weighted by atomic mass is 35.5. The van der Waals surface area contributed by atoms with Gasteiger partial charge in [-0.3, -0.25) is 4.79 Å². The van der Waals surface area contributed by atoms with Crippen LogP contribution in [0.3, 0.4) is 0 Å². The number of hydrogen-bond donors (Lipinski definition) is 2. The topological polar surface area (TPSA) is 55.1 Å². The van der Waals surface area contributed by atoms with Crippen molar-refractivity contribution in [2.24, 2.45) is 0 Å². The maximum atomic E-state index is 12.1. The molecule has 1 aromatic carbocycles. The van der Waals surface area contributed by atoms with Crippen molar-refractivity contribution < 1.29 is 4.79 Å². The maximum Gasteiger partial charge on any atom is 0.253 e. The lowest BCUT2D eigenvalue weighted by molar-refractivity contribution is 0.0820. The number of nitrogen functional groups attached to an aromatic ring is 1. The van der Waals surface area contributed by atoms with Crippen molar-refractivity contribution in [1.82, 2.24) is 5.32 Å². The van der Waals surface area contributed by atoms with Crippen molar-refractivity contribution in [2.75, 3.05) is 5.73 Å². The average molecular weight is 289 g/mol. The van der Waals surface area contributed by atoms with E-state index >= 15 is 0 Å². The van der Waals surface area contributed by atoms with E-state index in [0.29, 0.717) is 16.3 Å². The quantitative estimate of drug-likeness (QED) is 0.838. The summed E-state index contributed by atoms with van der Waals surface area (Å²) in [4.78, 5) is 12.1. The molecule has 18 heavy (non-hydrogen) atoms. The van der Waals surface area contributed by atoms with Crippen molar-refractivity contribution in [1.29, 1.82) is 0 Å². The van der Waals surface area contributed by atoms with E-state index in [2.05, 4.69) is 12.2 Å². The fraction of sp³-hybridized carbons (Fsp3) is 0.462. The van der Waals surface area contributed by atoms with Crippen LogP contribution in [-0.4, -0.2) is 11.4 Å². The molecule has 0 spiro atoms. The van der Waals surface area contributed by atoms with Crippen molar-refractivity contribution in [3.63, 3.8) is 0 Å². The number of amides is 1. The Morgan fingerprint density at radius 3 is 2.61 bits per heavy atom. The molecule has 0 atom stereocenters. The lowest BCUT2D eigenvalue weighted by Crippen LogP contribution is -2.53. The molecule has 0 aliphatic heterocycles. The summed E-state index contributed by atoms with van der Waals surface area (Å²) in [6.45, 7) is 2.10. The first-order valence-electron chi connectivity index (χ1n) is 5.94. The molecule has 0 heterocycles. The van der Waals surface area contributed by atoms with Crippen LogP contribution in [0.15, 0.2) is 18.2 Å². The fourth-order valence-electron chi connectivity index (χ4n) is 2.19. The molecular weight excluding hydrogens is 271 g/mol. The molecule has 1 aromatic rings. The van der Waals surface area contributed by atoms with Crippen molar-refractivity contribution in [2.45, 2.75) is 38.1 Å². The molecule has 100 valence electrons. The van der Waals surface area contributed by atoms with E-state index < -0.39 is 0 Å². The molecule has 0 aromatic heterocycles. The largest absolute Gasteiger partial charge is 0.399 e. The number of nitrogens with two attached hydrogens (primary N) is 1. The SMILES string of the molecule is CCC1(NC(=O)c2ccc(N)cc2Cl)CCC1.Cl. The third-order valence-electron chi connectivity index (χ3n) is 3.60. The summed E-state index contributed by atoms with van der Waals surface area (Å²) in [5.74, 6) is -0.100. The van der Waals surface area contributed by atoms with Crippen LogP contribution in [0.1, 0.15) is 43.0 Å². The molecule has 1 aliphatic carbocycles. The molecule has 3 N–H and O–H groups in total. The van der Waals surface area contributed by atoms with Gasteiger partial charge < -0.3 is 11.1 Å². The van der Waals surface area contributed by atoms with E-state index in [1.54, 1.807) is 18.2 Å². The van der Waals surface area contributed by atoms with Gasteiger partial charge in [0.15, 0.2) is 0 Å². The number of anilines is 1. The number of rotatable bonds is 3. The van der Waals surface area contributed by atoms with Crippen LogP contribution in [-0.2, 0) is 0 Å². The molecule has 1 aliphatic rings. The van der Waals surface area contributed by atoms with E-state index in [-0.39, 0.29) is 23.9 Å². The van der Waals surface area contributed by atoms with Crippen LogP contribution >= 0.6 is 24.0 Å². The van der Waals surface area contributed by atoms with Crippen LogP contribution in [0.25, 0.3) is 0 Å². The molecule has 0 unspecified atom stereocenters. The predicted molar refractivity (Wildman–Crippen MR) is 77.5 cm³/mol. The Kier molecular flexibility index (Phi) is 4.88. The average Bonchev–Trinajstić information content (AvgIpc) is 2.23. The van der Waals surface area contributed by atoms with Crippen molar-refractivity contribution in [3.8, 4) is 0 Å². The Labute approximate surface area is 118 Å². The minimum Gasteiger partial charge on any atom is -0.399 e. The lowest BCUT2D eigenvalue weighted by Gasteiger charge is -2.42. The van der Waals surface area contributed by atoms with Gasteiger partial charge >= 0.3 is 0 Å². The Balaban J connectivity index is 0.00000162. The van der Waals surface area contributed by atoms with Crippen LogP contribution in [0, 0.1) is 0 Å². The Morgan fingerprint density at radius 2 is 2.17 bits per heavy atom. The Hall–Kier alpha value is -0.930. The van der Waals surface area contributed by atoms with Crippen LogP contribution in [0.4, 0.5) is 5.69 Å². The van der Waals surface area contributed by atoms with Gasteiger partial charge in [0.2, 0.25) is 0 Å². The van der Waals surface area contributed by atoms with Crippen molar-refractivity contribution in [3.05, 3.63) is 28.8 Å². The van der Waals surface area contributed by atoms with Gasteiger partial charge in [-0.25, -0.2) is 0 Å². The van der Waals surface area contributed by atoms with Gasteiger partial charge in [0.25, 0.3) is 5.91 Å². The normalized spacial score (nSPS) is 16.3. The molecule has 0 bridgehead atoms. The summed E-state index contributed by atoms with van der Waals surface area (Å²) >= 11 is 6.02. The number of nitrogens with one attached hydrogen (secondary N) is 1. The van der Waals surface area contributed by atoms with Crippen LogP contribution < -0.4 is 11.1 Å². The minimum absolute atomic E-state index is 0. The molecule has 5 heteroatoms. The van der Waals surface area contributed by atoms with Gasteiger partial charge in [0.05, 0.1) is 10.6 Å². The maximum absolute atomic E-state index is 12.1. The third-order valence-corrected chi connectivity index (χ3v) is 3.92. The van der Waals surface area contributed by atoms with E-state index in [9.17, 15) is 4.79 Å². The number of hydrogen-bond acceptors (Lipinski definition) is 2. The molecule has 1 amide bonds. The van der Waals surface area contributed by atoms with Gasteiger partial charge in [-0.1, -0.05) is 18.5 Å². The smallest absolute Gasteiger partial charge is 0.253 e. The number of carbonyl (C=O) groups excluding carboxylic acids is 1. The van der Waals surface area contributed by atoms with Gasteiger partial charge in [0.1, 0.15) is 0 Å². The summed E-state index contributed by atoms with van der Waals surface area (Å²) in [6, 6.07) is 4.98. The van der Waals surface area contributed by atoms with E-state index in [1.807, 2.05) is 0 Å². The van der Waals surface area contributed by atoms with E-state index in [1.165, 1.54) is 6.42 Å². The predicted octanol–water partition coefficient (Wildman–Crippen LogP) is 3.41. The van der Waals surface area contributed by atoms with E-state index in [0.717, 1.165) is 19.3 Å². The Bertz CT molecular complexity index is 439. The number of benzene rings is 1. The summed E-state index contributed by atoms with van der Waals surface area (Å²) in [7, 11) is 0. The zero-order valence-corrected chi connectivity index (χ0v) is 11.9. The molecule has 1 fully saturated rings. The number of halogens is 2. The first-order chi connectivity index (χ1) is 8.06. The van der Waals surface area contributed by atoms with Gasteiger partial charge in [-0.2, -0.15) is 0 Å². The zero-order valence-electron chi connectivity index (χ0n) is 10.3. The minimum atomic E-state index is -0.100. The fourth-order valence-corrected chi connectivity index (χ4v) is 2.47. The van der Waals surface area contributed by atoms with Crippen molar-refractivity contribution >= 4 is 35.6 Å². The monoisotopic (exact) mass is 288 g/mol. The van der Waals surface area contributed by atoms with Crippen LogP contribution in [0.5, 0.6) is 0 Å². The summed E-state index contributed by atoms with van der Waals surface area (Å²) in [5, 5.41) is 3.50. The van der Waals surface area contributed by atoms with Gasteiger partial charge in [-0.15, -0.1) is 12.4 Å². The van der Waals surface area contributed by atoms with Gasteiger partial charge in [0, 0.05) is 11.2 Å². The highest BCUT2D eigenvalue weighted by molar-refractivity contribution is 6.34. The molecule has 2 rings (SSSR count). The standard InChI is InChI=1S/C13H17ClN2O.ClH/c1-2-13(6-3-7-13)16-12(17)10-5-4-9(15)8-11(10)14;/h4-5,8H,2-3,6-7,15H2,1H3,(H,16,17);1H. The number of carbonyl (C=O) groups is 1. The highest BCUT2D eigenvalue weighted by Gasteiger charge is 2.36. The second-order valence-electron chi connectivity index (χ2n) is 4.68. The molecule has 0 radical (unpaired) electrons.